The van der Waals surface area contributed by atoms with Crippen molar-refractivity contribution < 1.29 is 13.2 Å². The van der Waals surface area contributed by atoms with Crippen LogP contribution in [0.3, 0.4) is 0 Å². The number of benzene rings is 1. The van der Waals surface area contributed by atoms with E-state index in [2.05, 4.69) is 5.10 Å². The molecule has 3 heterocycles. The lowest BCUT2D eigenvalue weighted by Gasteiger charge is -2.09. The van der Waals surface area contributed by atoms with Gasteiger partial charge < -0.3 is 4.90 Å². The molecule has 2 aromatic rings. The molecule has 4 rings (SSSR count). The van der Waals surface area contributed by atoms with Crippen LogP contribution in [-0.4, -0.2) is 42.7 Å². The SMILES string of the molecule is Cc1nn([C@@H]2CCS(=O)(=O)C2)c(Cl)c1/C=C1\C(=O)N(C)c2ccccc21. The van der Waals surface area contributed by atoms with Crippen LogP contribution in [0.15, 0.2) is 24.3 Å². The fourth-order valence-electron chi connectivity index (χ4n) is 3.59. The molecule has 0 radical (unpaired) electrons. The van der Waals surface area contributed by atoms with E-state index < -0.39 is 9.84 Å². The van der Waals surface area contributed by atoms with E-state index in [0.29, 0.717) is 28.4 Å². The van der Waals surface area contributed by atoms with Crippen molar-refractivity contribution >= 4 is 44.7 Å². The summed E-state index contributed by atoms with van der Waals surface area (Å²) < 4.78 is 25.1. The molecule has 0 unspecified atom stereocenters. The first-order valence-corrected chi connectivity index (χ1v) is 10.5. The fourth-order valence-corrected chi connectivity index (χ4v) is 5.65. The highest BCUT2D eigenvalue weighted by molar-refractivity contribution is 7.91. The summed E-state index contributed by atoms with van der Waals surface area (Å²) in [5, 5.41) is 4.82. The summed E-state index contributed by atoms with van der Waals surface area (Å²) >= 11 is 6.53. The molecule has 2 aliphatic heterocycles. The lowest BCUT2D eigenvalue weighted by Crippen LogP contribution is -2.20. The molecule has 6 nitrogen and oxygen atoms in total. The molecule has 1 aromatic heterocycles. The standard InChI is InChI=1S/C18H18ClN3O3S/c1-11-14(17(19)22(20-11)12-7-8-26(24,25)10-12)9-15-13-5-3-4-6-16(13)21(2)18(15)23/h3-6,9,12H,7-8,10H2,1-2H3/b15-9-/t12-/m1/s1. The number of halogens is 1. The number of para-hydroxylation sites is 1. The first-order chi connectivity index (χ1) is 12.3. The third kappa shape index (κ3) is 2.66. The van der Waals surface area contributed by atoms with Gasteiger partial charge in [-0.05, 0) is 25.5 Å². The zero-order valence-corrected chi connectivity index (χ0v) is 16.0. The molecule has 1 aromatic carbocycles. The predicted molar refractivity (Wildman–Crippen MR) is 102 cm³/mol. The number of hydrogen-bond donors (Lipinski definition) is 0. The zero-order chi connectivity index (χ0) is 18.6. The molecule has 1 fully saturated rings. The van der Waals surface area contributed by atoms with Crippen molar-refractivity contribution in [3.05, 3.63) is 46.2 Å². The number of sulfone groups is 1. The molecule has 1 amide bonds. The minimum Gasteiger partial charge on any atom is -0.311 e. The summed E-state index contributed by atoms with van der Waals surface area (Å²) in [6, 6.07) is 7.32. The summed E-state index contributed by atoms with van der Waals surface area (Å²) in [6.07, 6.45) is 2.26. The highest BCUT2D eigenvalue weighted by Gasteiger charge is 2.33. The number of hydrogen-bond acceptors (Lipinski definition) is 4. The van der Waals surface area contributed by atoms with Crippen molar-refractivity contribution in [1.29, 1.82) is 0 Å². The second-order valence-corrected chi connectivity index (χ2v) is 9.32. The number of fused-ring (bicyclic) bond motifs is 1. The Labute approximate surface area is 157 Å². The zero-order valence-electron chi connectivity index (χ0n) is 14.4. The quantitative estimate of drug-likeness (QED) is 0.738. The highest BCUT2D eigenvalue weighted by Crippen LogP contribution is 2.38. The summed E-state index contributed by atoms with van der Waals surface area (Å²) in [5.41, 5.74) is 3.60. The lowest BCUT2D eigenvalue weighted by molar-refractivity contribution is -0.112. The van der Waals surface area contributed by atoms with Crippen molar-refractivity contribution in [2.24, 2.45) is 0 Å². The smallest absolute Gasteiger partial charge is 0.258 e. The van der Waals surface area contributed by atoms with E-state index >= 15 is 0 Å². The topological polar surface area (TPSA) is 72.3 Å². The van der Waals surface area contributed by atoms with Gasteiger partial charge in [0.25, 0.3) is 5.91 Å². The molecule has 0 N–H and O–H groups in total. The van der Waals surface area contributed by atoms with E-state index in [4.69, 9.17) is 11.6 Å². The lowest BCUT2D eigenvalue weighted by atomic mass is 10.0. The average Bonchev–Trinajstić information content (AvgIpc) is 3.18. The van der Waals surface area contributed by atoms with E-state index in [1.807, 2.05) is 31.2 Å². The van der Waals surface area contributed by atoms with E-state index in [1.165, 1.54) is 0 Å². The van der Waals surface area contributed by atoms with Gasteiger partial charge in [0, 0.05) is 23.7 Å². The Balaban J connectivity index is 1.78. The van der Waals surface area contributed by atoms with Crippen LogP contribution < -0.4 is 4.90 Å². The molecule has 26 heavy (non-hydrogen) atoms. The van der Waals surface area contributed by atoms with Crippen LogP contribution in [-0.2, 0) is 14.6 Å². The molecule has 0 saturated carbocycles. The van der Waals surface area contributed by atoms with Gasteiger partial charge >= 0.3 is 0 Å². The van der Waals surface area contributed by atoms with Crippen LogP contribution in [0, 0.1) is 6.92 Å². The molecule has 0 bridgehead atoms. The number of aromatic nitrogens is 2. The number of nitrogens with zero attached hydrogens (tertiary/aromatic N) is 3. The first-order valence-electron chi connectivity index (χ1n) is 8.32. The Morgan fingerprint density at radius 1 is 1.31 bits per heavy atom. The second kappa shape index (κ2) is 5.96. The van der Waals surface area contributed by atoms with Gasteiger partial charge in [-0.1, -0.05) is 29.8 Å². The van der Waals surface area contributed by atoms with Gasteiger partial charge in [0.1, 0.15) is 5.15 Å². The van der Waals surface area contributed by atoms with Gasteiger partial charge in [0.05, 0.1) is 28.9 Å². The third-order valence-electron chi connectivity index (χ3n) is 5.00. The summed E-state index contributed by atoms with van der Waals surface area (Å²) in [5.74, 6) is 0.104. The normalized spacial score (nSPS) is 23.0. The maximum absolute atomic E-state index is 12.6. The molecular weight excluding hydrogens is 374 g/mol. The van der Waals surface area contributed by atoms with Gasteiger partial charge in [0.2, 0.25) is 0 Å². The van der Waals surface area contributed by atoms with Crippen molar-refractivity contribution in [1.82, 2.24) is 9.78 Å². The van der Waals surface area contributed by atoms with Crippen molar-refractivity contribution in [2.45, 2.75) is 19.4 Å². The third-order valence-corrected chi connectivity index (χ3v) is 7.13. The van der Waals surface area contributed by atoms with E-state index in [9.17, 15) is 13.2 Å². The average molecular weight is 392 g/mol. The number of aryl methyl sites for hydroxylation is 1. The number of likely N-dealkylation sites (N-methyl/N-ethyl adjacent to an activating group) is 1. The predicted octanol–water partition coefficient (Wildman–Crippen LogP) is 2.72. The Kier molecular flexibility index (Phi) is 3.96. The number of rotatable bonds is 2. The molecule has 1 atom stereocenters. The molecule has 136 valence electrons. The van der Waals surface area contributed by atoms with Crippen molar-refractivity contribution in [2.75, 3.05) is 23.5 Å². The highest BCUT2D eigenvalue weighted by atomic mass is 35.5. The maximum atomic E-state index is 12.6. The summed E-state index contributed by atoms with van der Waals surface area (Å²) in [4.78, 5) is 14.3. The van der Waals surface area contributed by atoms with Crippen LogP contribution in [0.25, 0.3) is 11.6 Å². The first kappa shape index (κ1) is 17.3. The van der Waals surface area contributed by atoms with Crippen LogP contribution in [0.1, 0.15) is 29.3 Å². The minimum absolute atomic E-state index is 0.0500. The number of amides is 1. The Morgan fingerprint density at radius 3 is 2.73 bits per heavy atom. The van der Waals surface area contributed by atoms with E-state index in [-0.39, 0.29) is 23.5 Å². The van der Waals surface area contributed by atoms with Gasteiger partial charge in [-0.15, -0.1) is 0 Å². The number of anilines is 1. The van der Waals surface area contributed by atoms with Gasteiger partial charge in [-0.3, -0.25) is 4.79 Å². The monoisotopic (exact) mass is 391 g/mol. The molecule has 0 aliphatic carbocycles. The molecule has 1 saturated heterocycles. The van der Waals surface area contributed by atoms with Gasteiger partial charge in [0.15, 0.2) is 9.84 Å². The molecular formula is C18H18ClN3O3S. The van der Waals surface area contributed by atoms with Gasteiger partial charge in [-0.25, -0.2) is 13.1 Å². The molecule has 0 spiro atoms. The fraction of sp³-hybridized carbons (Fsp3) is 0.333. The summed E-state index contributed by atoms with van der Waals surface area (Å²) in [7, 11) is -1.30. The Bertz CT molecular complexity index is 1060. The van der Waals surface area contributed by atoms with Crippen molar-refractivity contribution in [3.8, 4) is 0 Å². The van der Waals surface area contributed by atoms with Crippen LogP contribution >= 0.6 is 11.6 Å². The second-order valence-electron chi connectivity index (χ2n) is 6.73. The Morgan fingerprint density at radius 2 is 2.04 bits per heavy atom. The van der Waals surface area contributed by atoms with Crippen molar-refractivity contribution in [3.63, 3.8) is 0 Å². The maximum Gasteiger partial charge on any atom is 0.258 e. The Hall–Kier alpha value is -2.12. The molecule has 8 heteroatoms. The van der Waals surface area contributed by atoms with E-state index in [1.54, 1.807) is 22.7 Å². The number of carbonyl (C=O) groups is 1. The van der Waals surface area contributed by atoms with E-state index in [0.717, 1.165) is 11.3 Å². The minimum atomic E-state index is -3.04. The summed E-state index contributed by atoms with van der Waals surface area (Å²) in [6.45, 7) is 1.81. The largest absolute Gasteiger partial charge is 0.311 e. The number of carbonyl (C=O) groups excluding carboxylic acids is 1. The molecule has 2 aliphatic rings. The van der Waals surface area contributed by atoms with Crippen LogP contribution in [0.2, 0.25) is 5.15 Å². The van der Waals surface area contributed by atoms with Crippen LogP contribution in [0.5, 0.6) is 0 Å². The van der Waals surface area contributed by atoms with Gasteiger partial charge in [-0.2, -0.15) is 5.10 Å². The van der Waals surface area contributed by atoms with Crippen LogP contribution in [0.4, 0.5) is 5.69 Å².